The molecule has 0 heterocycles. The van der Waals surface area contributed by atoms with E-state index in [1.807, 2.05) is 43.3 Å². The molecule has 0 aromatic heterocycles. The zero-order valence-corrected chi connectivity index (χ0v) is 11.1. The van der Waals surface area contributed by atoms with Gasteiger partial charge >= 0.3 is 0 Å². The van der Waals surface area contributed by atoms with Crippen LogP contribution in [0.15, 0.2) is 48.5 Å². The first-order valence-corrected chi connectivity index (χ1v) is 6.17. The Labute approximate surface area is 113 Å². The molecule has 0 aliphatic heterocycles. The summed E-state index contributed by atoms with van der Waals surface area (Å²) in [7, 11) is 1.61. The molecule has 2 aromatic rings. The fourth-order valence-electron chi connectivity index (χ4n) is 1.84. The number of aryl methyl sites for hydroxylation is 1. The van der Waals surface area contributed by atoms with E-state index < -0.39 is 0 Å². The molecule has 1 amide bonds. The van der Waals surface area contributed by atoms with E-state index in [9.17, 15) is 4.79 Å². The van der Waals surface area contributed by atoms with Crippen molar-refractivity contribution in [1.82, 2.24) is 5.32 Å². The van der Waals surface area contributed by atoms with Crippen LogP contribution in [0.1, 0.15) is 21.5 Å². The van der Waals surface area contributed by atoms with Gasteiger partial charge in [-0.15, -0.1) is 0 Å². The van der Waals surface area contributed by atoms with Gasteiger partial charge in [-0.25, -0.2) is 0 Å². The topological polar surface area (TPSA) is 38.3 Å². The van der Waals surface area contributed by atoms with E-state index in [-0.39, 0.29) is 5.91 Å². The minimum atomic E-state index is -0.0952. The lowest BCUT2D eigenvalue weighted by Gasteiger charge is -2.08. The van der Waals surface area contributed by atoms with Gasteiger partial charge in [0, 0.05) is 12.1 Å². The summed E-state index contributed by atoms with van der Waals surface area (Å²) >= 11 is 0. The number of hydrogen-bond donors (Lipinski definition) is 1. The highest BCUT2D eigenvalue weighted by molar-refractivity contribution is 5.94. The molecule has 0 saturated carbocycles. The Morgan fingerprint density at radius 3 is 2.58 bits per heavy atom. The largest absolute Gasteiger partial charge is 0.496 e. The van der Waals surface area contributed by atoms with Crippen molar-refractivity contribution < 1.29 is 9.53 Å². The quantitative estimate of drug-likeness (QED) is 0.912. The second-order valence-electron chi connectivity index (χ2n) is 4.35. The first-order chi connectivity index (χ1) is 9.20. The molecule has 2 rings (SSSR count). The number of ether oxygens (including phenoxy) is 1. The molecule has 2 aromatic carbocycles. The molecule has 19 heavy (non-hydrogen) atoms. The van der Waals surface area contributed by atoms with E-state index in [4.69, 9.17) is 4.74 Å². The van der Waals surface area contributed by atoms with Crippen molar-refractivity contribution in [1.29, 1.82) is 0 Å². The number of benzene rings is 2. The van der Waals surface area contributed by atoms with Crippen LogP contribution in [0.2, 0.25) is 0 Å². The molecule has 0 fully saturated rings. The summed E-state index contributed by atoms with van der Waals surface area (Å²) in [5.74, 6) is 0.634. The standard InChI is InChI=1S/C16H17NO2/c1-12-8-9-14(10-15(12)19-2)16(18)17-11-13-6-4-3-5-7-13/h3-10H,11H2,1-2H3,(H,17,18). The molecule has 98 valence electrons. The molecule has 3 heteroatoms. The summed E-state index contributed by atoms with van der Waals surface area (Å²) in [4.78, 5) is 12.0. The first-order valence-electron chi connectivity index (χ1n) is 6.17. The summed E-state index contributed by atoms with van der Waals surface area (Å²) < 4.78 is 5.22. The third-order valence-corrected chi connectivity index (χ3v) is 2.97. The Kier molecular flexibility index (Phi) is 4.18. The molecule has 1 N–H and O–H groups in total. The number of carbonyl (C=O) groups is 1. The van der Waals surface area contributed by atoms with Crippen molar-refractivity contribution in [2.24, 2.45) is 0 Å². The molecular weight excluding hydrogens is 238 g/mol. The van der Waals surface area contributed by atoms with Crippen LogP contribution in [0.5, 0.6) is 5.75 Å². The van der Waals surface area contributed by atoms with Gasteiger partial charge in [-0.2, -0.15) is 0 Å². The van der Waals surface area contributed by atoms with Crippen LogP contribution in [0.25, 0.3) is 0 Å². The second-order valence-corrected chi connectivity index (χ2v) is 4.35. The van der Waals surface area contributed by atoms with E-state index in [0.29, 0.717) is 12.1 Å². The van der Waals surface area contributed by atoms with Gasteiger partial charge in [-0.05, 0) is 30.2 Å². The molecule has 0 spiro atoms. The van der Waals surface area contributed by atoms with E-state index >= 15 is 0 Å². The minimum absolute atomic E-state index is 0.0952. The molecule has 0 saturated heterocycles. The normalized spacial score (nSPS) is 10.0. The maximum atomic E-state index is 12.0. The van der Waals surface area contributed by atoms with Crippen LogP contribution in [0, 0.1) is 6.92 Å². The van der Waals surface area contributed by atoms with Crippen LogP contribution in [0.3, 0.4) is 0 Å². The predicted octanol–water partition coefficient (Wildman–Crippen LogP) is 2.93. The number of amides is 1. The van der Waals surface area contributed by atoms with Gasteiger partial charge in [0.2, 0.25) is 0 Å². The highest BCUT2D eigenvalue weighted by atomic mass is 16.5. The Morgan fingerprint density at radius 1 is 1.16 bits per heavy atom. The highest BCUT2D eigenvalue weighted by Gasteiger charge is 2.08. The molecule has 0 radical (unpaired) electrons. The summed E-state index contributed by atoms with van der Waals surface area (Å²) in [5.41, 5.74) is 2.70. The SMILES string of the molecule is COc1cc(C(=O)NCc2ccccc2)ccc1C. The van der Waals surface area contributed by atoms with E-state index in [1.165, 1.54) is 0 Å². The summed E-state index contributed by atoms with van der Waals surface area (Å²) in [6.45, 7) is 2.47. The van der Waals surface area contributed by atoms with Crippen LogP contribution in [-0.4, -0.2) is 13.0 Å². The molecule has 0 aliphatic carbocycles. The predicted molar refractivity (Wildman–Crippen MR) is 75.3 cm³/mol. The molecule has 0 unspecified atom stereocenters. The third-order valence-electron chi connectivity index (χ3n) is 2.97. The van der Waals surface area contributed by atoms with Crippen molar-refractivity contribution >= 4 is 5.91 Å². The Bertz CT molecular complexity index is 564. The first kappa shape index (κ1) is 13.1. The number of rotatable bonds is 4. The Balaban J connectivity index is 2.04. The smallest absolute Gasteiger partial charge is 0.251 e. The average molecular weight is 255 g/mol. The molecule has 3 nitrogen and oxygen atoms in total. The summed E-state index contributed by atoms with van der Waals surface area (Å²) in [6, 6.07) is 15.3. The monoisotopic (exact) mass is 255 g/mol. The van der Waals surface area contributed by atoms with E-state index in [2.05, 4.69) is 5.32 Å². The van der Waals surface area contributed by atoms with Crippen LogP contribution >= 0.6 is 0 Å². The van der Waals surface area contributed by atoms with Gasteiger partial charge in [0.25, 0.3) is 5.91 Å². The van der Waals surface area contributed by atoms with E-state index in [0.717, 1.165) is 16.9 Å². The Hall–Kier alpha value is -2.29. The number of carbonyl (C=O) groups excluding carboxylic acids is 1. The van der Waals surface area contributed by atoms with Crippen molar-refractivity contribution in [3.05, 3.63) is 65.2 Å². The molecule has 0 atom stereocenters. The van der Waals surface area contributed by atoms with Gasteiger partial charge in [0.15, 0.2) is 0 Å². The maximum absolute atomic E-state index is 12.0. The minimum Gasteiger partial charge on any atom is -0.496 e. The van der Waals surface area contributed by atoms with Crippen molar-refractivity contribution in [3.8, 4) is 5.75 Å². The van der Waals surface area contributed by atoms with Gasteiger partial charge in [0.1, 0.15) is 5.75 Å². The Morgan fingerprint density at radius 2 is 1.89 bits per heavy atom. The summed E-state index contributed by atoms with van der Waals surface area (Å²) in [6.07, 6.45) is 0. The lowest BCUT2D eigenvalue weighted by molar-refractivity contribution is 0.0950. The van der Waals surface area contributed by atoms with Gasteiger partial charge in [-0.1, -0.05) is 36.4 Å². The maximum Gasteiger partial charge on any atom is 0.251 e. The average Bonchev–Trinajstić information content (AvgIpc) is 2.46. The van der Waals surface area contributed by atoms with Crippen molar-refractivity contribution in [2.45, 2.75) is 13.5 Å². The van der Waals surface area contributed by atoms with Crippen LogP contribution in [-0.2, 0) is 6.54 Å². The fourth-order valence-corrected chi connectivity index (χ4v) is 1.84. The van der Waals surface area contributed by atoms with E-state index in [1.54, 1.807) is 19.2 Å². The van der Waals surface area contributed by atoms with Crippen molar-refractivity contribution in [2.75, 3.05) is 7.11 Å². The summed E-state index contributed by atoms with van der Waals surface area (Å²) in [5, 5.41) is 2.89. The fraction of sp³-hybridized carbons (Fsp3) is 0.188. The van der Waals surface area contributed by atoms with Crippen LogP contribution < -0.4 is 10.1 Å². The highest BCUT2D eigenvalue weighted by Crippen LogP contribution is 2.18. The van der Waals surface area contributed by atoms with Gasteiger partial charge in [0.05, 0.1) is 7.11 Å². The number of methoxy groups -OCH3 is 1. The van der Waals surface area contributed by atoms with Crippen molar-refractivity contribution in [3.63, 3.8) is 0 Å². The van der Waals surface area contributed by atoms with Gasteiger partial charge < -0.3 is 10.1 Å². The molecule has 0 bridgehead atoms. The molecular formula is C16H17NO2. The molecule has 0 aliphatic rings. The zero-order chi connectivity index (χ0) is 13.7. The lowest BCUT2D eigenvalue weighted by atomic mass is 10.1. The third kappa shape index (κ3) is 3.35. The number of nitrogens with one attached hydrogen (secondary N) is 1. The van der Waals surface area contributed by atoms with Gasteiger partial charge in [-0.3, -0.25) is 4.79 Å². The van der Waals surface area contributed by atoms with Crippen LogP contribution in [0.4, 0.5) is 0 Å². The lowest BCUT2D eigenvalue weighted by Crippen LogP contribution is -2.22. The second kappa shape index (κ2) is 6.05. The number of hydrogen-bond acceptors (Lipinski definition) is 2. The zero-order valence-electron chi connectivity index (χ0n) is 11.1.